The van der Waals surface area contributed by atoms with Gasteiger partial charge in [0.25, 0.3) is 0 Å². The third kappa shape index (κ3) is 3.32. The van der Waals surface area contributed by atoms with Crippen LogP contribution in [0.5, 0.6) is 0 Å². The molecule has 4 unspecified atom stereocenters. The van der Waals surface area contributed by atoms with E-state index < -0.39 is 0 Å². The van der Waals surface area contributed by atoms with E-state index in [1.54, 1.807) is 6.20 Å². The molecule has 0 spiro atoms. The van der Waals surface area contributed by atoms with Gasteiger partial charge in [-0.15, -0.1) is 0 Å². The molecule has 0 radical (unpaired) electrons. The SMILES string of the molecule is C/C(=C\C=C/N)C1CN(C2CCC(C(C)C)C3C=C(Cl)NC32)C1. The summed E-state index contributed by atoms with van der Waals surface area (Å²) >= 11 is 6.33. The molecule has 1 saturated carbocycles. The fraction of sp³-hybridized carbons (Fsp3) is 0.684. The summed E-state index contributed by atoms with van der Waals surface area (Å²) in [6, 6.07) is 1.12. The molecule has 1 aliphatic carbocycles. The van der Waals surface area contributed by atoms with Crippen LogP contribution in [0.4, 0.5) is 0 Å². The molecule has 0 bridgehead atoms. The van der Waals surface area contributed by atoms with Crippen LogP contribution in [0.15, 0.2) is 35.2 Å². The van der Waals surface area contributed by atoms with Crippen molar-refractivity contribution in [2.24, 2.45) is 29.4 Å². The third-order valence-corrected chi connectivity index (χ3v) is 6.35. The van der Waals surface area contributed by atoms with Gasteiger partial charge in [0.05, 0.1) is 5.16 Å². The topological polar surface area (TPSA) is 41.3 Å². The molecule has 0 aromatic rings. The lowest BCUT2D eigenvalue weighted by Crippen LogP contribution is -2.61. The van der Waals surface area contributed by atoms with Gasteiger partial charge in [0.2, 0.25) is 0 Å². The van der Waals surface area contributed by atoms with E-state index in [0.717, 1.165) is 17.0 Å². The van der Waals surface area contributed by atoms with Gasteiger partial charge in [-0.3, -0.25) is 4.90 Å². The van der Waals surface area contributed by atoms with Crippen LogP contribution in [-0.4, -0.2) is 30.1 Å². The largest absolute Gasteiger partial charge is 0.405 e. The highest BCUT2D eigenvalue weighted by Crippen LogP contribution is 2.43. The Labute approximate surface area is 145 Å². The van der Waals surface area contributed by atoms with Crippen molar-refractivity contribution < 1.29 is 0 Å². The molecule has 1 saturated heterocycles. The number of nitrogens with one attached hydrogen (secondary N) is 1. The summed E-state index contributed by atoms with van der Waals surface area (Å²) in [6.07, 6.45) is 10.6. The minimum absolute atomic E-state index is 0.498. The van der Waals surface area contributed by atoms with E-state index in [2.05, 4.69) is 43.1 Å². The summed E-state index contributed by atoms with van der Waals surface area (Å²) < 4.78 is 0. The van der Waals surface area contributed by atoms with Gasteiger partial charge in [0.15, 0.2) is 0 Å². The van der Waals surface area contributed by atoms with Crippen LogP contribution in [0, 0.1) is 23.7 Å². The molecule has 3 aliphatic rings. The van der Waals surface area contributed by atoms with Crippen LogP contribution in [-0.2, 0) is 0 Å². The molecule has 2 fully saturated rings. The van der Waals surface area contributed by atoms with E-state index in [1.165, 1.54) is 31.5 Å². The summed E-state index contributed by atoms with van der Waals surface area (Å²) in [7, 11) is 0. The number of fused-ring (bicyclic) bond motifs is 1. The lowest BCUT2D eigenvalue weighted by atomic mass is 9.69. The maximum atomic E-state index is 6.33. The Bertz CT molecular complexity index is 517. The number of nitrogens with two attached hydrogens (primary N) is 1. The van der Waals surface area contributed by atoms with Crippen molar-refractivity contribution >= 4 is 11.6 Å². The summed E-state index contributed by atoms with van der Waals surface area (Å²) in [5, 5.41) is 4.42. The summed E-state index contributed by atoms with van der Waals surface area (Å²) in [5.74, 6) is 2.75. The third-order valence-electron chi connectivity index (χ3n) is 6.11. The molecular weight excluding hydrogens is 306 g/mol. The Morgan fingerprint density at radius 3 is 2.78 bits per heavy atom. The maximum absolute atomic E-state index is 6.33. The zero-order valence-corrected chi connectivity index (χ0v) is 15.3. The Hall–Kier alpha value is -0.930. The van der Waals surface area contributed by atoms with Crippen molar-refractivity contribution in [3.05, 3.63) is 35.2 Å². The van der Waals surface area contributed by atoms with Crippen LogP contribution >= 0.6 is 11.6 Å². The molecule has 23 heavy (non-hydrogen) atoms. The number of allylic oxidation sites excluding steroid dienone is 2. The average Bonchev–Trinajstić information content (AvgIpc) is 2.84. The smallest absolute Gasteiger partial charge is 0.0984 e. The number of likely N-dealkylation sites (tertiary alicyclic amines) is 1. The Morgan fingerprint density at radius 2 is 2.13 bits per heavy atom. The van der Waals surface area contributed by atoms with E-state index in [1.807, 2.05) is 6.08 Å². The summed E-state index contributed by atoms with van der Waals surface area (Å²) in [4.78, 5) is 2.65. The maximum Gasteiger partial charge on any atom is 0.0984 e. The predicted molar refractivity (Wildman–Crippen MR) is 97.8 cm³/mol. The van der Waals surface area contributed by atoms with Crippen molar-refractivity contribution in [3.8, 4) is 0 Å². The van der Waals surface area contributed by atoms with Crippen molar-refractivity contribution in [2.75, 3.05) is 13.1 Å². The lowest BCUT2D eigenvalue weighted by molar-refractivity contribution is 0.00811. The fourth-order valence-corrected chi connectivity index (χ4v) is 4.93. The highest BCUT2D eigenvalue weighted by molar-refractivity contribution is 6.29. The number of hydrogen-bond donors (Lipinski definition) is 2. The number of rotatable bonds is 4. The molecule has 3 nitrogen and oxygen atoms in total. The average molecular weight is 336 g/mol. The molecular formula is C19H30ClN3. The molecule has 0 amide bonds. The normalized spacial score (nSPS) is 36.0. The van der Waals surface area contributed by atoms with Gasteiger partial charge in [0.1, 0.15) is 0 Å². The Kier molecular flexibility index (Phi) is 5.07. The second kappa shape index (κ2) is 6.90. The van der Waals surface area contributed by atoms with E-state index in [0.29, 0.717) is 23.9 Å². The molecule has 2 aliphatic heterocycles. The van der Waals surface area contributed by atoms with Gasteiger partial charge < -0.3 is 11.1 Å². The van der Waals surface area contributed by atoms with E-state index in [-0.39, 0.29) is 0 Å². The monoisotopic (exact) mass is 335 g/mol. The summed E-state index contributed by atoms with van der Waals surface area (Å²) in [5.41, 5.74) is 6.86. The zero-order chi connectivity index (χ0) is 16.6. The highest BCUT2D eigenvalue weighted by atomic mass is 35.5. The van der Waals surface area contributed by atoms with Crippen molar-refractivity contribution in [2.45, 2.75) is 45.7 Å². The first-order valence-corrected chi connectivity index (χ1v) is 9.32. The van der Waals surface area contributed by atoms with E-state index in [4.69, 9.17) is 17.3 Å². The van der Waals surface area contributed by atoms with Gasteiger partial charge in [-0.05, 0) is 50.0 Å². The second-order valence-corrected chi connectivity index (χ2v) is 8.17. The zero-order valence-electron chi connectivity index (χ0n) is 14.5. The predicted octanol–water partition coefficient (Wildman–Crippen LogP) is 3.44. The lowest BCUT2D eigenvalue weighted by Gasteiger charge is -2.51. The standard InChI is InChI=1S/C19H30ClN3/c1-12(2)15-6-7-17(19-16(15)9-18(20)22-19)23-10-14(11-23)13(3)5-4-8-21/h4-5,8-9,12,14-17,19,22H,6-7,10-11,21H2,1-3H3/b8-4-,13-5+. The van der Waals surface area contributed by atoms with E-state index >= 15 is 0 Å². The minimum atomic E-state index is 0.498. The molecule has 4 heteroatoms. The number of halogens is 1. The van der Waals surface area contributed by atoms with Gasteiger partial charge in [-0.25, -0.2) is 0 Å². The van der Waals surface area contributed by atoms with Crippen LogP contribution in [0.2, 0.25) is 0 Å². The van der Waals surface area contributed by atoms with Crippen LogP contribution in [0.25, 0.3) is 0 Å². The molecule has 0 aromatic heterocycles. The van der Waals surface area contributed by atoms with Crippen LogP contribution < -0.4 is 11.1 Å². The highest BCUT2D eigenvalue weighted by Gasteiger charge is 2.47. The molecule has 4 atom stereocenters. The van der Waals surface area contributed by atoms with Crippen molar-refractivity contribution in [1.82, 2.24) is 10.2 Å². The number of nitrogens with zero attached hydrogens (tertiary/aromatic N) is 1. The van der Waals surface area contributed by atoms with Crippen molar-refractivity contribution in [1.29, 1.82) is 0 Å². The van der Waals surface area contributed by atoms with Gasteiger partial charge in [-0.1, -0.05) is 37.1 Å². The quantitative estimate of drug-likeness (QED) is 0.611. The Balaban J connectivity index is 1.63. The fourth-order valence-electron chi connectivity index (χ4n) is 4.66. The van der Waals surface area contributed by atoms with Crippen LogP contribution in [0.3, 0.4) is 0 Å². The molecule has 3 N–H and O–H groups in total. The first-order chi connectivity index (χ1) is 11.0. The van der Waals surface area contributed by atoms with Crippen LogP contribution in [0.1, 0.15) is 33.6 Å². The van der Waals surface area contributed by atoms with Crippen molar-refractivity contribution in [3.63, 3.8) is 0 Å². The molecule has 128 valence electrons. The molecule has 3 rings (SSSR count). The van der Waals surface area contributed by atoms with Gasteiger partial charge in [0, 0.05) is 37.0 Å². The number of hydrogen-bond acceptors (Lipinski definition) is 3. The first-order valence-electron chi connectivity index (χ1n) is 8.94. The van der Waals surface area contributed by atoms with Gasteiger partial charge in [-0.2, -0.15) is 0 Å². The first kappa shape index (κ1) is 16.9. The summed E-state index contributed by atoms with van der Waals surface area (Å²) in [6.45, 7) is 9.25. The second-order valence-electron chi connectivity index (χ2n) is 7.76. The molecule has 2 heterocycles. The Morgan fingerprint density at radius 1 is 1.39 bits per heavy atom. The minimum Gasteiger partial charge on any atom is -0.405 e. The molecule has 0 aromatic carbocycles. The van der Waals surface area contributed by atoms with E-state index in [9.17, 15) is 0 Å². The van der Waals surface area contributed by atoms with Gasteiger partial charge >= 0.3 is 0 Å².